The lowest BCUT2D eigenvalue weighted by atomic mass is 9.90. The van der Waals surface area contributed by atoms with Crippen molar-refractivity contribution in [2.45, 2.75) is 0 Å². The minimum atomic E-state index is 1.12. The number of nitrogens with zero attached hydrogens (tertiary/aromatic N) is 1. The summed E-state index contributed by atoms with van der Waals surface area (Å²) >= 11 is 1.89. The monoisotopic (exact) mass is 703 g/mol. The topological polar surface area (TPSA) is 3.24 Å². The average Bonchev–Trinajstić information content (AvgIpc) is 3.64. The number of rotatable bonds is 5. The SMILES string of the molecule is c1ccc(-c2ccc(N(c3cc(-c4cc5ccccc5c5ccccc45)c4ccccc4c3)c3cccc4sc5c6ccccc6ccc5c34)cc2)cc1. The van der Waals surface area contributed by atoms with Crippen molar-refractivity contribution in [3.63, 3.8) is 0 Å². The van der Waals surface area contributed by atoms with E-state index in [-0.39, 0.29) is 0 Å². The first-order chi connectivity index (χ1) is 26.8. The number of anilines is 3. The highest BCUT2D eigenvalue weighted by Gasteiger charge is 2.22. The minimum absolute atomic E-state index is 1.12. The van der Waals surface area contributed by atoms with Crippen molar-refractivity contribution in [2.75, 3.05) is 4.90 Å². The van der Waals surface area contributed by atoms with E-state index in [0.29, 0.717) is 0 Å². The molecule has 10 aromatic carbocycles. The maximum atomic E-state index is 2.48. The first-order valence-electron chi connectivity index (χ1n) is 18.5. The van der Waals surface area contributed by atoms with Crippen LogP contribution < -0.4 is 4.90 Å². The van der Waals surface area contributed by atoms with Crippen molar-refractivity contribution < 1.29 is 0 Å². The van der Waals surface area contributed by atoms with Gasteiger partial charge in [-0.25, -0.2) is 0 Å². The third-order valence-corrected chi connectivity index (χ3v) is 12.2. The van der Waals surface area contributed by atoms with E-state index in [1.165, 1.54) is 91.2 Å². The van der Waals surface area contributed by atoms with E-state index in [2.05, 4.69) is 205 Å². The Bertz CT molecular complexity index is 3210. The van der Waals surface area contributed by atoms with Gasteiger partial charge in [-0.2, -0.15) is 0 Å². The molecule has 0 radical (unpaired) electrons. The van der Waals surface area contributed by atoms with E-state index >= 15 is 0 Å². The Labute approximate surface area is 317 Å². The molecular formula is C52H33NS. The molecule has 1 heterocycles. The summed E-state index contributed by atoms with van der Waals surface area (Å²) in [5, 5.41) is 12.7. The largest absolute Gasteiger partial charge is 0.310 e. The molecule has 252 valence electrons. The molecule has 11 aromatic rings. The molecule has 0 aliphatic carbocycles. The van der Waals surface area contributed by atoms with Crippen LogP contribution in [0.5, 0.6) is 0 Å². The molecule has 1 aromatic heterocycles. The summed E-state index contributed by atoms with van der Waals surface area (Å²) < 4.78 is 2.61. The second kappa shape index (κ2) is 12.4. The fraction of sp³-hybridized carbons (Fsp3) is 0. The summed E-state index contributed by atoms with van der Waals surface area (Å²) in [6.07, 6.45) is 0. The van der Waals surface area contributed by atoms with Crippen LogP contribution in [-0.4, -0.2) is 0 Å². The first kappa shape index (κ1) is 30.8. The van der Waals surface area contributed by atoms with Crippen LogP contribution >= 0.6 is 11.3 Å². The average molecular weight is 704 g/mol. The Morgan fingerprint density at radius 3 is 1.74 bits per heavy atom. The van der Waals surface area contributed by atoms with E-state index in [0.717, 1.165) is 11.4 Å². The van der Waals surface area contributed by atoms with Gasteiger partial charge in [0.25, 0.3) is 0 Å². The lowest BCUT2D eigenvalue weighted by Crippen LogP contribution is -2.10. The van der Waals surface area contributed by atoms with Gasteiger partial charge in [0.1, 0.15) is 0 Å². The van der Waals surface area contributed by atoms with Crippen LogP contribution in [0.25, 0.3) is 85.5 Å². The number of thiophene rings is 1. The second-order valence-corrected chi connectivity index (χ2v) is 15.1. The van der Waals surface area contributed by atoms with Gasteiger partial charge in [-0.15, -0.1) is 11.3 Å². The molecule has 1 nitrogen and oxygen atoms in total. The van der Waals surface area contributed by atoms with Crippen molar-refractivity contribution in [1.82, 2.24) is 0 Å². The van der Waals surface area contributed by atoms with E-state index in [4.69, 9.17) is 0 Å². The fourth-order valence-electron chi connectivity index (χ4n) is 8.51. The van der Waals surface area contributed by atoms with E-state index in [1.807, 2.05) is 11.3 Å². The summed E-state index contributed by atoms with van der Waals surface area (Å²) in [5.74, 6) is 0. The van der Waals surface area contributed by atoms with E-state index in [1.54, 1.807) is 0 Å². The van der Waals surface area contributed by atoms with Crippen LogP contribution in [0.15, 0.2) is 200 Å². The van der Waals surface area contributed by atoms with Crippen LogP contribution in [0.1, 0.15) is 0 Å². The quantitative estimate of drug-likeness (QED) is 0.161. The summed E-state index contributed by atoms with van der Waals surface area (Å²) in [7, 11) is 0. The lowest BCUT2D eigenvalue weighted by Gasteiger charge is -2.28. The molecular weight excluding hydrogens is 671 g/mol. The van der Waals surface area contributed by atoms with E-state index < -0.39 is 0 Å². The third-order valence-electron chi connectivity index (χ3n) is 11.0. The molecule has 0 amide bonds. The van der Waals surface area contributed by atoms with Gasteiger partial charge in [0, 0.05) is 31.5 Å². The summed E-state index contributed by atoms with van der Waals surface area (Å²) in [5.41, 5.74) is 8.30. The van der Waals surface area contributed by atoms with Crippen LogP contribution in [-0.2, 0) is 0 Å². The molecule has 0 aliphatic heterocycles. The predicted molar refractivity (Wildman–Crippen MR) is 235 cm³/mol. The molecule has 2 heteroatoms. The van der Waals surface area contributed by atoms with Gasteiger partial charge in [0.2, 0.25) is 0 Å². The summed E-state index contributed by atoms with van der Waals surface area (Å²) in [4.78, 5) is 2.48. The molecule has 0 N–H and O–H groups in total. The number of benzene rings is 10. The van der Waals surface area contributed by atoms with Crippen LogP contribution in [0.2, 0.25) is 0 Å². The molecule has 0 spiro atoms. The molecule has 0 bridgehead atoms. The summed E-state index contributed by atoms with van der Waals surface area (Å²) in [6.45, 7) is 0. The zero-order chi connectivity index (χ0) is 35.6. The van der Waals surface area contributed by atoms with Gasteiger partial charge in [-0.05, 0) is 108 Å². The Hall–Kier alpha value is -6.74. The van der Waals surface area contributed by atoms with Crippen LogP contribution in [0.4, 0.5) is 17.1 Å². The van der Waals surface area contributed by atoms with Crippen LogP contribution in [0.3, 0.4) is 0 Å². The Balaban J connectivity index is 1.21. The predicted octanol–water partition coefficient (Wildman–Crippen LogP) is 15.5. The van der Waals surface area contributed by atoms with Crippen molar-refractivity contribution in [2.24, 2.45) is 0 Å². The van der Waals surface area contributed by atoms with Crippen molar-refractivity contribution in [1.29, 1.82) is 0 Å². The van der Waals surface area contributed by atoms with Crippen LogP contribution in [0, 0.1) is 0 Å². The molecule has 0 saturated carbocycles. The first-order valence-corrected chi connectivity index (χ1v) is 19.3. The summed E-state index contributed by atoms with van der Waals surface area (Å²) in [6, 6.07) is 73.6. The zero-order valence-corrected chi connectivity index (χ0v) is 30.2. The molecule has 0 fully saturated rings. The smallest absolute Gasteiger partial charge is 0.0554 e. The van der Waals surface area contributed by atoms with Gasteiger partial charge in [0.05, 0.1) is 5.69 Å². The zero-order valence-electron chi connectivity index (χ0n) is 29.4. The van der Waals surface area contributed by atoms with E-state index in [9.17, 15) is 0 Å². The molecule has 0 atom stereocenters. The molecule has 11 rings (SSSR count). The fourth-order valence-corrected chi connectivity index (χ4v) is 9.77. The maximum Gasteiger partial charge on any atom is 0.0554 e. The van der Waals surface area contributed by atoms with Gasteiger partial charge < -0.3 is 4.90 Å². The highest BCUT2D eigenvalue weighted by molar-refractivity contribution is 7.26. The number of hydrogen-bond acceptors (Lipinski definition) is 2. The second-order valence-electron chi connectivity index (χ2n) is 14.1. The number of hydrogen-bond donors (Lipinski definition) is 0. The highest BCUT2D eigenvalue weighted by atomic mass is 32.1. The third kappa shape index (κ3) is 4.92. The normalized spacial score (nSPS) is 11.7. The molecule has 0 unspecified atom stereocenters. The molecule has 0 saturated heterocycles. The minimum Gasteiger partial charge on any atom is -0.310 e. The van der Waals surface area contributed by atoms with Crippen molar-refractivity contribution >= 4 is 91.7 Å². The van der Waals surface area contributed by atoms with Gasteiger partial charge >= 0.3 is 0 Å². The lowest BCUT2D eigenvalue weighted by molar-refractivity contribution is 1.31. The van der Waals surface area contributed by atoms with Crippen molar-refractivity contribution in [3.05, 3.63) is 200 Å². The standard InChI is InChI=1S/C52H33NS/c1-2-13-34(14-3-1)35-25-28-39(29-26-35)53(49-23-12-24-50-51(49)46-30-27-36-15-4-9-20-43(36)52(46)54-50)40-31-37-16-5-8-19-42(37)48(33-40)47-32-38-17-6-7-18-41(38)44-21-10-11-22-45(44)47/h1-33H. The van der Waals surface area contributed by atoms with Gasteiger partial charge in [0.15, 0.2) is 0 Å². The maximum absolute atomic E-state index is 2.48. The van der Waals surface area contributed by atoms with Gasteiger partial charge in [-0.3, -0.25) is 0 Å². The number of fused-ring (bicyclic) bond motifs is 9. The Morgan fingerprint density at radius 1 is 0.333 bits per heavy atom. The Morgan fingerprint density at radius 2 is 0.944 bits per heavy atom. The highest BCUT2D eigenvalue weighted by Crippen LogP contribution is 2.48. The van der Waals surface area contributed by atoms with Gasteiger partial charge in [-0.1, -0.05) is 158 Å². The Kier molecular flexibility index (Phi) is 7.11. The molecule has 0 aliphatic rings. The van der Waals surface area contributed by atoms with Crippen molar-refractivity contribution in [3.8, 4) is 22.3 Å². The molecule has 54 heavy (non-hydrogen) atoms.